The third kappa shape index (κ3) is 4.89. The molecule has 0 saturated heterocycles. The summed E-state index contributed by atoms with van der Waals surface area (Å²) in [6.45, 7) is 7.12. The van der Waals surface area contributed by atoms with Crippen molar-refractivity contribution in [3.63, 3.8) is 0 Å². The smallest absolute Gasteiger partial charge is 0.233 e. The van der Waals surface area contributed by atoms with Gasteiger partial charge in [-0.2, -0.15) is 0 Å². The van der Waals surface area contributed by atoms with Crippen LogP contribution in [0.15, 0.2) is 29.2 Å². The Balaban J connectivity index is 2.64. The van der Waals surface area contributed by atoms with Gasteiger partial charge in [-0.1, -0.05) is 31.5 Å². The summed E-state index contributed by atoms with van der Waals surface area (Å²) < 4.78 is 12.1. The van der Waals surface area contributed by atoms with Crippen molar-refractivity contribution in [1.82, 2.24) is 5.32 Å². The van der Waals surface area contributed by atoms with Gasteiger partial charge in [-0.3, -0.25) is 13.8 Å². The Bertz CT molecular complexity index is 508. The van der Waals surface area contributed by atoms with E-state index in [2.05, 4.69) is 5.32 Å². The lowest BCUT2D eigenvalue weighted by Crippen LogP contribution is -2.45. The number of Topliss-reactive ketones (excluding diaryl/α,β-unsaturated/α-hetero) is 1. The fourth-order valence-corrected chi connectivity index (χ4v) is 2.77. The lowest BCUT2D eigenvalue weighted by Gasteiger charge is -2.19. The van der Waals surface area contributed by atoms with Crippen LogP contribution in [0.5, 0.6) is 0 Å². The highest BCUT2D eigenvalue weighted by molar-refractivity contribution is 7.85. The van der Waals surface area contributed by atoms with Crippen LogP contribution in [0.1, 0.15) is 26.3 Å². The standard InChI is InChI=1S/C15H21NO3S/c1-10(2)15(12(4)17)16-14(18)9-20(19)13-7-5-11(3)6-8-13/h5-8,10,15H,9H2,1-4H3,(H,16,18). The summed E-state index contributed by atoms with van der Waals surface area (Å²) in [7, 11) is -1.39. The average molecular weight is 295 g/mol. The Kier molecular flexibility index (Phi) is 6.07. The van der Waals surface area contributed by atoms with E-state index >= 15 is 0 Å². The third-order valence-electron chi connectivity index (χ3n) is 2.97. The summed E-state index contributed by atoms with van der Waals surface area (Å²) >= 11 is 0. The zero-order chi connectivity index (χ0) is 15.3. The number of hydrogen-bond acceptors (Lipinski definition) is 3. The van der Waals surface area contributed by atoms with Crippen LogP contribution in [0.25, 0.3) is 0 Å². The van der Waals surface area contributed by atoms with Crippen LogP contribution in [-0.2, 0) is 20.4 Å². The van der Waals surface area contributed by atoms with Crippen molar-refractivity contribution in [2.45, 2.75) is 38.6 Å². The highest BCUT2D eigenvalue weighted by atomic mass is 32.2. The molecule has 0 radical (unpaired) electrons. The third-order valence-corrected chi connectivity index (χ3v) is 4.29. The summed E-state index contributed by atoms with van der Waals surface area (Å²) in [6.07, 6.45) is 0. The highest BCUT2D eigenvalue weighted by Gasteiger charge is 2.21. The molecule has 0 saturated carbocycles. The number of carbonyl (C=O) groups is 2. The first-order chi connectivity index (χ1) is 9.31. The topological polar surface area (TPSA) is 63.2 Å². The lowest BCUT2D eigenvalue weighted by atomic mass is 10.0. The Morgan fingerprint density at radius 3 is 2.20 bits per heavy atom. The zero-order valence-corrected chi connectivity index (χ0v) is 13.1. The Hall–Kier alpha value is -1.49. The number of aryl methyl sites for hydroxylation is 1. The molecule has 0 fully saturated rings. The molecule has 0 bridgehead atoms. The van der Waals surface area contributed by atoms with Gasteiger partial charge in [0.15, 0.2) is 5.78 Å². The first kappa shape index (κ1) is 16.6. The van der Waals surface area contributed by atoms with Gasteiger partial charge in [0.25, 0.3) is 0 Å². The van der Waals surface area contributed by atoms with Crippen LogP contribution in [0, 0.1) is 12.8 Å². The number of carbonyl (C=O) groups excluding carboxylic acids is 2. The van der Waals surface area contributed by atoms with Crippen LogP contribution in [0.2, 0.25) is 0 Å². The van der Waals surface area contributed by atoms with Gasteiger partial charge in [0.2, 0.25) is 5.91 Å². The van der Waals surface area contributed by atoms with Crippen molar-refractivity contribution in [3.8, 4) is 0 Å². The predicted octanol–water partition coefficient (Wildman–Crippen LogP) is 1.83. The first-order valence-corrected chi connectivity index (χ1v) is 7.88. The van der Waals surface area contributed by atoms with Gasteiger partial charge in [-0.15, -0.1) is 0 Å². The molecule has 5 heteroatoms. The molecular formula is C15H21NO3S. The minimum Gasteiger partial charge on any atom is -0.345 e. The van der Waals surface area contributed by atoms with E-state index in [0.29, 0.717) is 4.90 Å². The number of amides is 1. The fourth-order valence-electron chi connectivity index (χ4n) is 1.85. The Morgan fingerprint density at radius 1 is 1.20 bits per heavy atom. The van der Waals surface area contributed by atoms with Crippen molar-refractivity contribution < 1.29 is 13.8 Å². The minimum atomic E-state index is -1.39. The number of nitrogens with one attached hydrogen (secondary N) is 1. The molecule has 1 N–H and O–H groups in total. The first-order valence-electron chi connectivity index (χ1n) is 6.56. The summed E-state index contributed by atoms with van der Waals surface area (Å²) in [6, 6.07) is 6.71. The van der Waals surface area contributed by atoms with Crippen molar-refractivity contribution in [1.29, 1.82) is 0 Å². The molecule has 2 atom stereocenters. The van der Waals surface area contributed by atoms with Gasteiger partial charge < -0.3 is 5.32 Å². The molecule has 1 aromatic rings. The van der Waals surface area contributed by atoms with Crippen LogP contribution in [0.4, 0.5) is 0 Å². The molecule has 0 spiro atoms. The average Bonchev–Trinajstić information content (AvgIpc) is 2.35. The van der Waals surface area contributed by atoms with Crippen LogP contribution in [0.3, 0.4) is 0 Å². The van der Waals surface area contributed by atoms with Gasteiger partial charge in [0.05, 0.1) is 16.8 Å². The molecule has 1 amide bonds. The van der Waals surface area contributed by atoms with E-state index < -0.39 is 16.8 Å². The van der Waals surface area contributed by atoms with E-state index in [4.69, 9.17) is 0 Å². The number of hydrogen-bond donors (Lipinski definition) is 1. The SMILES string of the molecule is CC(=O)C(NC(=O)CS(=O)c1ccc(C)cc1)C(C)C. The molecule has 4 nitrogen and oxygen atoms in total. The van der Waals surface area contributed by atoms with E-state index in [9.17, 15) is 13.8 Å². The maximum atomic E-state index is 12.1. The van der Waals surface area contributed by atoms with Gasteiger partial charge in [-0.25, -0.2) is 0 Å². The van der Waals surface area contributed by atoms with Crippen molar-refractivity contribution in [3.05, 3.63) is 29.8 Å². The number of rotatable bonds is 6. The Labute approximate surface area is 122 Å². The van der Waals surface area contributed by atoms with Gasteiger partial charge >= 0.3 is 0 Å². The van der Waals surface area contributed by atoms with Crippen LogP contribution < -0.4 is 5.32 Å². The summed E-state index contributed by atoms with van der Waals surface area (Å²) in [5.74, 6) is -0.559. The van der Waals surface area contributed by atoms with Crippen molar-refractivity contribution >= 4 is 22.5 Å². The minimum absolute atomic E-state index is 0.0178. The summed E-state index contributed by atoms with van der Waals surface area (Å²) in [5, 5.41) is 2.65. The van der Waals surface area contributed by atoms with E-state index in [0.717, 1.165) is 5.56 Å². The molecule has 1 rings (SSSR count). The molecule has 1 aromatic carbocycles. The number of benzene rings is 1. The second kappa shape index (κ2) is 7.33. The van der Waals surface area contributed by atoms with Crippen molar-refractivity contribution in [2.24, 2.45) is 5.92 Å². The molecule has 110 valence electrons. The van der Waals surface area contributed by atoms with E-state index in [1.54, 1.807) is 12.1 Å². The maximum absolute atomic E-state index is 12.1. The fraction of sp³-hybridized carbons (Fsp3) is 0.467. The number of ketones is 1. The molecule has 0 aromatic heterocycles. The largest absolute Gasteiger partial charge is 0.345 e. The monoisotopic (exact) mass is 295 g/mol. The zero-order valence-electron chi connectivity index (χ0n) is 12.3. The second-order valence-corrected chi connectivity index (χ2v) is 6.65. The van der Waals surface area contributed by atoms with E-state index in [1.165, 1.54) is 6.92 Å². The van der Waals surface area contributed by atoms with E-state index in [1.807, 2.05) is 32.9 Å². The lowest BCUT2D eigenvalue weighted by molar-refractivity contribution is -0.126. The quantitative estimate of drug-likeness (QED) is 0.871. The second-order valence-electron chi connectivity index (χ2n) is 5.20. The van der Waals surface area contributed by atoms with Gasteiger partial charge in [0, 0.05) is 4.90 Å². The molecule has 0 aliphatic heterocycles. The molecule has 0 aliphatic carbocycles. The molecule has 0 heterocycles. The summed E-state index contributed by atoms with van der Waals surface area (Å²) in [5.41, 5.74) is 1.08. The molecule has 2 unspecified atom stereocenters. The molecule has 0 aliphatic rings. The predicted molar refractivity (Wildman–Crippen MR) is 79.9 cm³/mol. The van der Waals surface area contributed by atoms with Gasteiger partial charge in [0.1, 0.15) is 5.75 Å². The highest BCUT2D eigenvalue weighted by Crippen LogP contribution is 2.09. The normalized spacial score (nSPS) is 13.8. The summed E-state index contributed by atoms with van der Waals surface area (Å²) in [4.78, 5) is 23.9. The maximum Gasteiger partial charge on any atom is 0.233 e. The van der Waals surface area contributed by atoms with Crippen molar-refractivity contribution in [2.75, 3.05) is 5.75 Å². The molecular weight excluding hydrogens is 274 g/mol. The van der Waals surface area contributed by atoms with E-state index in [-0.39, 0.29) is 23.4 Å². The molecule has 20 heavy (non-hydrogen) atoms. The Morgan fingerprint density at radius 2 is 1.75 bits per heavy atom. The van der Waals surface area contributed by atoms with Crippen LogP contribution >= 0.6 is 0 Å². The van der Waals surface area contributed by atoms with Crippen LogP contribution in [-0.4, -0.2) is 27.7 Å². The van der Waals surface area contributed by atoms with Gasteiger partial charge in [-0.05, 0) is 31.9 Å².